The summed E-state index contributed by atoms with van der Waals surface area (Å²) in [5.41, 5.74) is -0.151. The third kappa shape index (κ3) is 4.96. The molecule has 0 aliphatic heterocycles. The molecule has 88 valence electrons. The number of carbonyl (C=O) groups excluding carboxylic acids is 2. The Morgan fingerprint density at radius 2 is 2.00 bits per heavy atom. The quantitative estimate of drug-likeness (QED) is 0.496. The maximum absolute atomic E-state index is 11.4. The Morgan fingerprint density at radius 3 is 2.40 bits per heavy atom. The zero-order valence-corrected chi connectivity index (χ0v) is 10.3. The van der Waals surface area contributed by atoms with Crippen LogP contribution < -0.4 is 5.32 Å². The van der Waals surface area contributed by atoms with Crippen molar-refractivity contribution in [3.8, 4) is 0 Å². The van der Waals surface area contributed by atoms with Gasteiger partial charge in [0.25, 0.3) is 0 Å². The second-order valence-corrected chi connectivity index (χ2v) is 4.77. The Balaban J connectivity index is 4.34. The van der Waals surface area contributed by atoms with E-state index in [-0.39, 0.29) is 17.2 Å². The van der Waals surface area contributed by atoms with Gasteiger partial charge >= 0.3 is 0 Å². The molecule has 0 spiro atoms. The summed E-state index contributed by atoms with van der Waals surface area (Å²) in [4.78, 5) is 21.8. The van der Waals surface area contributed by atoms with E-state index in [0.29, 0.717) is 6.41 Å². The van der Waals surface area contributed by atoms with Gasteiger partial charge in [-0.15, -0.1) is 0 Å². The maximum atomic E-state index is 11.4. The van der Waals surface area contributed by atoms with Crippen LogP contribution in [0.1, 0.15) is 53.4 Å². The van der Waals surface area contributed by atoms with Crippen molar-refractivity contribution >= 4 is 12.2 Å². The van der Waals surface area contributed by atoms with Crippen molar-refractivity contribution in [3.05, 3.63) is 0 Å². The van der Waals surface area contributed by atoms with Gasteiger partial charge in [0.1, 0.15) is 0 Å². The lowest BCUT2D eigenvalue weighted by atomic mass is 9.78. The van der Waals surface area contributed by atoms with E-state index >= 15 is 0 Å². The Morgan fingerprint density at radius 1 is 1.40 bits per heavy atom. The van der Waals surface area contributed by atoms with E-state index in [0.717, 1.165) is 12.8 Å². The van der Waals surface area contributed by atoms with Crippen LogP contribution in [0.4, 0.5) is 0 Å². The first-order chi connectivity index (χ1) is 6.95. The molecular formula is C12H23NO2. The monoisotopic (exact) mass is 213 g/mol. The molecule has 1 amide bonds. The fraction of sp³-hybridized carbons (Fsp3) is 0.833. The summed E-state index contributed by atoms with van der Waals surface area (Å²) in [6.45, 7) is 7.75. The van der Waals surface area contributed by atoms with E-state index in [2.05, 4.69) is 12.2 Å². The van der Waals surface area contributed by atoms with Gasteiger partial charge in [0.2, 0.25) is 6.41 Å². The average Bonchev–Trinajstić information content (AvgIpc) is 2.13. The Hall–Kier alpha value is -0.860. The summed E-state index contributed by atoms with van der Waals surface area (Å²) in [6.07, 6.45) is 5.03. The largest absolute Gasteiger partial charge is 0.348 e. The van der Waals surface area contributed by atoms with E-state index < -0.39 is 0 Å². The Kier molecular flexibility index (Phi) is 6.21. The summed E-state index contributed by atoms with van der Waals surface area (Å²) in [6, 6.07) is -0.355. The van der Waals surface area contributed by atoms with Gasteiger partial charge in [-0.25, -0.2) is 0 Å². The molecule has 0 aliphatic carbocycles. The number of amides is 1. The summed E-state index contributed by atoms with van der Waals surface area (Å²) < 4.78 is 0. The number of nitrogens with one attached hydrogen (secondary N) is 1. The molecule has 0 radical (unpaired) electrons. The molecule has 0 saturated carbocycles. The Labute approximate surface area is 92.6 Å². The van der Waals surface area contributed by atoms with E-state index in [4.69, 9.17) is 0 Å². The highest BCUT2D eigenvalue weighted by molar-refractivity contribution is 5.84. The summed E-state index contributed by atoms with van der Waals surface area (Å²) in [5.74, 6) is 0.0311. The predicted octanol–water partition coefficient (Wildman–Crippen LogP) is 2.30. The van der Waals surface area contributed by atoms with Crippen molar-refractivity contribution in [3.63, 3.8) is 0 Å². The van der Waals surface area contributed by atoms with Gasteiger partial charge in [0.05, 0.1) is 6.04 Å². The number of carbonyl (C=O) groups is 2. The molecule has 0 aromatic heterocycles. The van der Waals surface area contributed by atoms with Crippen molar-refractivity contribution in [1.82, 2.24) is 5.32 Å². The topological polar surface area (TPSA) is 46.2 Å². The third-order valence-electron chi connectivity index (χ3n) is 2.85. The van der Waals surface area contributed by atoms with Gasteiger partial charge in [0, 0.05) is 0 Å². The molecule has 15 heavy (non-hydrogen) atoms. The molecule has 3 nitrogen and oxygen atoms in total. The summed E-state index contributed by atoms with van der Waals surface area (Å²) in [5, 5.41) is 2.62. The number of ketones is 1. The molecule has 0 aliphatic rings. The highest BCUT2D eigenvalue weighted by atomic mass is 16.1. The van der Waals surface area contributed by atoms with Gasteiger partial charge in [0.15, 0.2) is 5.78 Å². The third-order valence-corrected chi connectivity index (χ3v) is 2.85. The van der Waals surface area contributed by atoms with Crippen molar-refractivity contribution < 1.29 is 9.59 Å². The van der Waals surface area contributed by atoms with Gasteiger partial charge < -0.3 is 5.32 Å². The zero-order chi connectivity index (χ0) is 11.9. The molecule has 0 aromatic rings. The maximum Gasteiger partial charge on any atom is 0.207 e. The molecule has 1 atom stereocenters. The molecule has 1 N–H and O–H groups in total. The molecular weight excluding hydrogens is 190 g/mol. The molecule has 0 saturated heterocycles. The molecule has 0 bridgehead atoms. The minimum Gasteiger partial charge on any atom is -0.348 e. The lowest BCUT2D eigenvalue weighted by Crippen LogP contribution is -2.46. The van der Waals surface area contributed by atoms with Crippen LogP contribution in [0, 0.1) is 5.41 Å². The lowest BCUT2D eigenvalue weighted by molar-refractivity contribution is -0.124. The number of unbranched alkanes of at least 4 members (excludes halogenated alkanes) is 2. The number of hydrogen-bond donors (Lipinski definition) is 1. The molecule has 1 unspecified atom stereocenters. The van der Waals surface area contributed by atoms with Crippen LogP contribution in [0.25, 0.3) is 0 Å². The number of Topliss-reactive ketones (excluding diaryl/α,β-unsaturated/α-hetero) is 1. The van der Waals surface area contributed by atoms with Crippen molar-refractivity contribution in [1.29, 1.82) is 0 Å². The average molecular weight is 213 g/mol. The van der Waals surface area contributed by atoms with Crippen molar-refractivity contribution in [2.24, 2.45) is 5.41 Å². The molecule has 0 heterocycles. The number of hydrogen-bond acceptors (Lipinski definition) is 2. The van der Waals surface area contributed by atoms with E-state index in [1.54, 1.807) is 0 Å². The molecule has 3 heteroatoms. The Bertz CT molecular complexity index is 212. The fourth-order valence-electron chi connectivity index (χ4n) is 1.94. The van der Waals surface area contributed by atoms with Crippen LogP contribution >= 0.6 is 0 Å². The van der Waals surface area contributed by atoms with Crippen LogP contribution in [0.2, 0.25) is 0 Å². The first kappa shape index (κ1) is 14.1. The second-order valence-electron chi connectivity index (χ2n) is 4.77. The highest BCUT2D eigenvalue weighted by Gasteiger charge is 2.31. The van der Waals surface area contributed by atoms with Crippen molar-refractivity contribution in [2.75, 3.05) is 0 Å². The summed E-state index contributed by atoms with van der Waals surface area (Å²) >= 11 is 0. The minimum atomic E-state index is -0.355. The van der Waals surface area contributed by atoms with Gasteiger partial charge in [-0.05, 0) is 18.8 Å². The highest BCUT2D eigenvalue weighted by Crippen LogP contribution is 2.28. The minimum absolute atomic E-state index is 0.0311. The van der Waals surface area contributed by atoms with Crippen molar-refractivity contribution in [2.45, 2.75) is 59.4 Å². The zero-order valence-electron chi connectivity index (χ0n) is 10.3. The van der Waals surface area contributed by atoms with Gasteiger partial charge in [-0.1, -0.05) is 40.0 Å². The molecule has 0 aromatic carbocycles. The van der Waals surface area contributed by atoms with Crippen LogP contribution in [-0.4, -0.2) is 18.2 Å². The van der Waals surface area contributed by atoms with E-state index in [9.17, 15) is 9.59 Å². The molecule has 0 rings (SSSR count). The standard InChI is InChI=1S/C12H23NO2/c1-5-6-7-8-12(3,4)11(10(2)15)13-9-14/h9,11H,5-8H2,1-4H3,(H,13,14). The van der Waals surface area contributed by atoms with Crippen LogP contribution in [0.3, 0.4) is 0 Å². The van der Waals surface area contributed by atoms with Crippen LogP contribution in [-0.2, 0) is 9.59 Å². The SMILES string of the molecule is CCCCCC(C)(C)C(NC=O)C(C)=O. The second kappa shape index (κ2) is 6.59. The van der Waals surface area contributed by atoms with E-state index in [1.807, 2.05) is 13.8 Å². The predicted molar refractivity (Wildman–Crippen MR) is 61.6 cm³/mol. The first-order valence-corrected chi connectivity index (χ1v) is 5.66. The van der Waals surface area contributed by atoms with Crippen LogP contribution in [0.5, 0.6) is 0 Å². The smallest absolute Gasteiger partial charge is 0.207 e. The van der Waals surface area contributed by atoms with Gasteiger partial charge in [-0.3, -0.25) is 9.59 Å². The first-order valence-electron chi connectivity index (χ1n) is 5.66. The summed E-state index contributed by atoms with van der Waals surface area (Å²) in [7, 11) is 0. The normalized spacial score (nSPS) is 13.3. The van der Waals surface area contributed by atoms with Crippen LogP contribution in [0.15, 0.2) is 0 Å². The fourth-order valence-corrected chi connectivity index (χ4v) is 1.94. The van der Waals surface area contributed by atoms with Gasteiger partial charge in [-0.2, -0.15) is 0 Å². The number of rotatable bonds is 8. The van der Waals surface area contributed by atoms with E-state index in [1.165, 1.54) is 19.8 Å². The lowest BCUT2D eigenvalue weighted by Gasteiger charge is -2.32. The molecule has 0 fully saturated rings.